The van der Waals surface area contributed by atoms with Crippen LogP contribution >= 0.6 is 15.6 Å². The minimum atomic E-state index is -4.06. The van der Waals surface area contributed by atoms with Crippen LogP contribution in [-0.4, -0.2) is 96.8 Å². The first kappa shape index (κ1) is 58.8. The molecule has 15 nitrogen and oxygen atoms in total. The number of carbonyl (C=O) groups is 1. The highest BCUT2D eigenvalue weighted by Gasteiger charge is 2.29. The second kappa shape index (κ2) is 38.3. The maximum atomic E-state index is 13.5. The predicted molar refractivity (Wildman–Crippen MR) is 241 cm³/mol. The molecule has 60 heavy (non-hydrogen) atoms. The van der Waals surface area contributed by atoms with Crippen LogP contribution in [0, 0.1) is 11.8 Å². The monoisotopic (exact) mass is 900 g/mol. The third kappa shape index (κ3) is 37.4. The number of urea groups is 1. The van der Waals surface area contributed by atoms with Crippen molar-refractivity contribution < 1.29 is 55.4 Å². The molecule has 17 heteroatoms. The van der Waals surface area contributed by atoms with E-state index in [1.807, 2.05) is 20.8 Å². The Morgan fingerprint density at radius 1 is 0.583 bits per heavy atom. The number of nitrogens with one attached hydrogen (secondary N) is 3. The molecule has 356 valence electrons. The van der Waals surface area contributed by atoms with Crippen molar-refractivity contribution in [2.75, 3.05) is 79.2 Å². The Kier molecular flexibility index (Phi) is 37.5. The summed E-state index contributed by atoms with van der Waals surface area (Å²) in [4.78, 5) is 18.2. The lowest BCUT2D eigenvalue weighted by Crippen LogP contribution is -2.42. The molecule has 0 saturated carbocycles. The molecule has 0 aliphatic rings. The van der Waals surface area contributed by atoms with Gasteiger partial charge in [0.25, 0.3) is 0 Å². The number of phosphoric ester groups is 2. The summed E-state index contributed by atoms with van der Waals surface area (Å²) in [7, 11) is -7.95. The number of rotatable bonds is 44. The van der Waals surface area contributed by atoms with Gasteiger partial charge in [0, 0.05) is 32.9 Å². The summed E-state index contributed by atoms with van der Waals surface area (Å²) in [6.45, 7) is 23.4. The average molecular weight is 900 g/mol. The van der Waals surface area contributed by atoms with Crippen molar-refractivity contribution in [2.24, 2.45) is 11.8 Å². The van der Waals surface area contributed by atoms with E-state index in [9.17, 15) is 13.9 Å². The number of carbonyl (C=O) groups excluding carboxylic acids is 1. The van der Waals surface area contributed by atoms with E-state index in [1.165, 1.54) is 89.2 Å². The summed E-state index contributed by atoms with van der Waals surface area (Å²) in [5.41, 5.74) is 2.48. The molecule has 0 heterocycles. The number of ether oxygens (including phenoxy) is 2. The lowest BCUT2D eigenvalue weighted by molar-refractivity contribution is -0.105. The topological polar surface area (TPSA) is 170 Å². The van der Waals surface area contributed by atoms with Gasteiger partial charge in [-0.25, -0.2) is 13.9 Å². The molecule has 5 atom stereocenters. The summed E-state index contributed by atoms with van der Waals surface area (Å²) in [6, 6.07) is -1.03. The van der Waals surface area contributed by atoms with E-state index >= 15 is 0 Å². The molecule has 0 fully saturated rings. The minimum absolute atomic E-state index is 0.00644. The predicted octanol–water partition coefficient (Wildman–Crippen LogP) is 10.9. The number of hydroxylamine groups is 1. The molecule has 0 rings (SSSR count). The molecule has 0 aromatic heterocycles. The zero-order valence-electron chi connectivity index (χ0n) is 38.7. The highest BCUT2D eigenvalue weighted by Crippen LogP contribution is 2.50. The number of hydrogen-bond acceptors (Lipinski definition) is 13. The van der Waals surface area contributed by atoms with Gasteiger partial charge < -0.3 is 20.1 Å². The summed E-state index contributed by atoms with van der Waals surface area (Å²) < 4.78 is 71.0. The van der Waals surface area contributed by atoms with Gasteiger partial charge in [0.1, 0.15) is 0 Å². The van der Waals surface area contributed by atoms with Crippen LogP contribution < -0.4 is 16.1 Å². The van der Waals surface area contributed by atoms with Crippen LogP contribution in [-0.2, 0) is 50.6 Å². The molecule has 2 amide bonds. The fourth-order valence-electron chi connectivity index (χ4n) is 5.49. The van der Waals surface area contributed by atoms with Crippen molar-refractivity contribution >= 4 is 21.7 Å². The molecule has 0 spiro atoms. The molecule has 0 aromatic rings. The van der Waals surface area contributed by atoms with Crippen molar-refractivity contribution in [2.45, 2.75) is 156 Å². The van der Waals surface area contributed by atoms with Gasteiger partial charge in [0.2, 0.25) is 0 Å². The van der Waals surface area contributed by atoms with E-state index in [2.05, 4.69) is 57.0 Å². The van der Waals surface area contributed by atoms with Gasteiger partial charge in [-0.15, -0.1) is 13.2 Å². The Bertz CT molecular complexity index is 1150. The van der Waals surface area contributed by atoms with Crippen LogP contribution in [0.15, 0.2) is 25.3 Å². The molecule has 0 aromatic carbocycles. The van der Waals surface area contributed by atoms with Crippen LogP contribution in [0.1, 0.15) is 145 Å². The molecule has 0 saturated heterocycles. The summed E-state index contributed by atoms with van der Waals surface area (Å²) >= 11 is 0. The van der Waals surface area contributed by atoms with Gasteiger partial charge in [0.15, 0.2) is 0 Å². The van der Waals surface area contributed by atoms with Crippen molar-refractivity contribution in [1.29, 1.82) is 0 Å². The van der Waals surface area contributed by atoms with Gasteiger partial charge in [-0.2, -0.15) is 5.48 Å². The summed E-state index contributed by atoms with van der Waals surface area (Å²) in [5.74, 6) is 1.18. The molecule has 0 bridgehead atoms. The third-order valence-electron chi connectivity index (χ3n) is 9.05. The SMILES string of the molecule is C=CCOP(=O)(OCCCOCC[C@H](C)CCCCCCC)OCCNC(=O)NCCOP(=O)(OCC=C)OC[C@@H](COCC[C@H](C)CCCCCCC)NOC(C)(C)C. The number of unbranched alkanes of at least 4 members (excludes halogenated alkanes) is 8. The van der Waals surface area contributed by atoms with Crippen LogP contribution in [0.2, 0.25) is 0 Å². The quantitative estimate of drug-likeness (QED) is 0.0229. The molecule has 0 aliphatic heterocycles. The first-order chi connectivity index (χ1) is 28.7. The fourth-order valence-corrected chi connectivity index (χ4v) is 7.86. The Morgan fingerprint density at radius 2 is 1.07 bits per heavy atom. The van der Waals surface area contributed by atoms with Crippen LogP contribution in [0.3, 0.4) is 0 Å². The van der Waals surface area contributed by atoms with Crippen LogP contribution in [0.5, 0.6) is 0 Å². The summed E-state index contributed by atoms with van der Waals surface area (Å²) in [5, 5.41) is 5.19. The zero-order chi connectivity index (χ0) is 44.8. The molecule has 0 radical (unpaired) electrons. The molecular weight excluding hydrogens is 812 g/mol. The van der Waals surface area contributed by atoms with E-state index in [-0.39, 0.29) is 59.3 Å². The lowest BCUT2D eigenvalue weighted by atomic mass is 9.99. The van der Waals surface area contributed by atoms with Gasteiger partial charge in [-0.3, -0.25) is 32.0 Å². The highest BCUT2D eigenvalue weighted by molar-refractivity contribution is 7.48. The first-order valence-corrected chi connectivity index (χ1v) is 25.5. The maximum absolute atomic E-state index is 13.5. The smallest absolute Gasteiger partial charge is 0.381 e. The first-order valence-electron chi connectivity index (χ1n) is 22.6. The van der Waals surface area contributed by atoms with Crippen molar-refractivity contribution in [3.8, 4) is 0 Å². The highest BCUT2D eigenvalue weighted by atomic mass is 31.2. The average Bonchev–Trinajstić information content (AvgIpc) is 3.21. The largest absolute Gasteiger partial charge is 0.475 e. The van der Waals surface area contributed by atoms with Crippen molar-refractivity contribution in [3.63, 3.8) is 0 Å². The lowest BCUT2D eigenvalue weighted by Gasteiger charge is -2.26. The maximum Gasteiger partial charge on any atom is 0.475 e. The second-order valence-electron chi connectivity index (χ2n) is 16.3. The van der Waals surface area contributed by atoms with Crippen molar-refractivity contribution in [1.82, 2.24) is 16.1 Å². The normalized spacial score (nSPS) is 15.4. The Morgan fingerprint density at radius 3 is 1.57 bits per heavy atom. The molecule has 3 N–H and O–H groups in total. The van der Waals surface area contributed by atoms with Gasteiger partial charge in [0.05, 0.1) is 57.9 Å². The zero-order valence-corrected chi connectivity index (χ0v) is 40.5. The Hall–Kier alpha value is -1.19. The Labute approximate surface area is 365 Å². The number of phosphoric acid groups is 2. The minimum Gasteiger partial charge on any atom is -0.381 e. The molecule has 2 unspecified atom stereocenters. The number of amides is 2. The standard InChI is InChI=1S/C43H87N3O12P2/c1-10-14-16-18-20-23-39(5)25-33-50-31-22-32-54-59(48,52-29-12-3)55-35-27-44-42(47)45-28-36-56-60(49,53-30-13-4)57-38-41(46-58-43(7,8)9)37-51-34-26-40(6)24-21-19-17-15-11-2/h12-13,39-41,46H,3-4,10-11,14-38H2,1-2,5-9H3,(H2,44,45,47)/t39-,40-,41-,59?,60?/m1/s1. The van der Waals surface area contributed by atoms with Gasteiger partial charge in [-0.05, 0) is 51.9 Å². The molecular formula is C43H87N3O12P2. The van der Waals surface area contributed by atoms with Gasteiger partial charge in [-0.1, -0.05) is 117 Å². The van der Waals surface area contributed by atoms with Crippen molar-refractivity contribution in [3.05, 3.63) is 25.3 Å². The van der Waals surface area contributed by atoms with Gasteiger partial charge >= 0.3 is 21.7 Å². The Balaban J connectivity index is 4.65. The second-order valence-corrected chi connectivity index (χ2v) is 19.6. The van der Waals surface area contributed by atoms with E-state index in [4.69, 9.17) is 41.5 Å². The summed E-state index contributed by atoms with van der Waals surface area (Å²) in [6.07, 6.45) is 20.5. The van der Waals surface area contributed by atoms with Crippen LogP contribution in [0.4, 0.5) is 4.79 Å². The van der Waals surface area contributed by atoms with E-state index in [1.54, 1.807) is 0 Å². The van der Waals surface area contributed by atoms with E-state index in [0.29, 0.717) is 38.1 Å². The fraction of sp³-hybridized carbons (Fsp3) is 0.884. The van der Waals surface area contributed by atoms with E-state index in [0.717, 1.165) is 12.8 Å². The molecule has 0 aliphatic carbocycles. The number of hydrogen-bond donors (Lipinski definition) is 3. The third-order valence-corrected chi connectivity index (χ3v) is 11.9. The van der Waals surface area contributed by atoms with E-state index < -0.39 is 33.3 Å². The van der Waals surface area contributed by atoms with Crippen LogP contribution in [0.25, 0.3) is 0 Å².